The molecule has 14 rings (SSSR count). The number of nitrogens with zero attached hydrogens (tertiary/aromatic N) is 1. The maximum absolute atomic E-state index is 3.93. The summed E-state index contributed by atoms with van der Waals surface area (Å²) in [5, 5.41) is 11.3. The Hall–Kier alpha value is -9.24. The summed E-state index contributed by atoms with van der Waals surface area (Å²) in [5.41, 5.74) is 22.4. The van der Waals surface area contributed by atoms with E-state index >= 15 is 0 Å². The minimum atomic E-state index is 1.08. The molecule has 2 heteroatoms. The highest BCUT2D eigenvalue weighted by Gasteiger charge is 2.20. The maximum atomic E-state index is 3.93. The fraction of sp³-hybridized carbons (Fsp3) is 0. The second-order valence-corrected chi connectivity index (χ2v) is 18.6. The molecule has 1 aliphatic heterocycles. The van der Waals surface area contributed by atoms with Crippen molar-refractivity contribution in [2.24, 2.45) is 0 Å². The molecule has 2 nitrogen and oxygen atoms in total. The lowest BCUT2D eigenvalue weighted by Gasteiger charge is -2.22. The first-order chi connectivity index (χ1) is 34.6. The monoisotopic (exact) mass is 888 g/mol. The smallest absolute Gasteiger partial charge is 0.0541 e. The molecule has 12 aromatic carbocycles. The second-order valence-electron chi connectivity index (χ2n) is 18.6. The highest BCUT2D eigenvalue weighted by molar-refractivity contribution is 6.11. The minimum Gasteiger partial charge on any atom is -0.354 e. The summed E-state index contributed by atoms with van der Waals surface area (Å²) in [7, 11) is 0. The van der Waals surface area contributed by atoms with Crippen LogP contribution in [0, 0.1) is 0 Å². The molecule has 0 radical (unpaired) electrons. The van der Waals surface area contributed by atoms with E-state index in [9.17, 15) is 0 Å². The lowest BCUT2D eigenvalue weighted by Crippen LogP contribution is -1.99. The average molecular weight is 889 g/mol. The number of anilines is 2. The van der Waals surface area contributed by atoms with Gasteiger partial charge in [0.1, 0.15) is 0 Å². The van der Waals surface area contributed by atoms with Crippen molar-refractivity contribution in [1.82, 2.24) is 4.57 Å². The third-order valence-corrected chi connectivity index (χ3v) is 14.5. The van der Waals surface area contributed by atoms with Crippen molar-refractivity contribution >= 4 is 54.7 Å². The molecule has 2 heterocycles. The van der Waals surface area contributed by atoms with Gasteiger partial charge in [0.05, 0.1) is 11.0 Å². The average Bonchev–Trinajstić information content (AvgIpc) is 3.76. The van der Waals surface area contributed by atoms with Gasteiger partial charge in [0.25, 0.3) is 0 Å². The van der Waals surface area contributed by atoms with Crippen molar-refractivity contribution in [3.8, 4) is 83.6 Å². The fourth-order valence-electron chi connectivity index (χ4n) is 11.0. The largest absolute Gasteiger partial charge is 0.354 e. The van der Waals surface area contributed by atoms with Crippen LogP contribution in [-0.2, 0) is 0 Å². The van der Waals surface area contributed by atoms with Crippen LogP contribution >= 0.6 is 0 Å². The summed E-state index contributed by atoms with van der Waals surface area (Å²) in [6.07, 6.45) is 0. The molecule has 0 aliphatic carbocycles. The van der Waals surface area contributed by atoms with E-state index < -0.39 is 0 Å². The lowest BCUT2D eigenvalue weighted by molar-refractivity contribution is 1.18. The van der Waals surface area contributed by atoms with E-state index in [4.69, 9.17) is 0 Å². The number of para-hydroxylation sites is 1. The van der Waals surface area contributed by atoms with E-state index in [1.165, 1.54) is 121 Å². The predicted octanol–water partition coefficient (Wildman–Crippen LogP) is 18.8. The fourth-order valence-corrected chi connectivity index (χ4v) is 11.0. The normalized spacial score (nSPS) is 11.8. The van der Waals surface area contributed by atoms with Crippen molar-refractivity contribution in [2.45, 2.75) is 0 Å². The van der Waals surface area contributed by atoms with E-state index in [0.717, 1.165) is 17.1 Å². The highest BCUT2D eigenvalue weighted by atomic mass is 15.0. The number of hydrogen-bond donors (Lipinski definition) is 1. The summed E-state index contributed by atoms with van der Waals surface area (Å²) in [4.78, 5) is 0. The van der Waals surface area contributed by atoms with Crippen molar-refractivity contribution in [1.29, 1.82) is 0 Å². The molecule has 0 saturated heterocycles. The third kappa shape index (κ3) is 6.80. The Labute approximate surface area is 407 Å². The molecular weight excluding hydrogens is 845 g/mol. The molecule has 2 bridgehead atoms. The zero-order chi connectivity index (χ0) is 46.1. The molecule has 0 atom stereocenters. The van der Waals surface area contributed by atoms with Gasteiger partial charge in [0.15, 0.2) is 0 Å². The van der Waals surface area contributed by atoms with Crippen molar-refractivity contribution in [2.75, 3.05) is 5.32 Å². The first kappa shape index (κ1) is 39.9. The Balaban J connectivity index is 0.848. The van der Waals surface area contributed by atoms with Gasteiger partial charge < -0.3 is 9.88 Å². The van der Waals surface area contributed by atoms with Crippen LogP contribution in [0.1, 0.15) is 0 Å². The molecular formula is C68H44N2. The van der Waals surface area contributed by atoms with E-state index in [2.05, 4.69) is 271 Å². The van der Waals surface area contributed by atoms with Crippen LogP contribution in [0.25, 0.3) is 127 Å². The zero-order valence-electron chi connectivity index (χ0n) is 38.3. The topological polar surface area (TPSA) is 17.0 Å². The van der Waals surface area contributed by atoms with Gasteiger partial charge in [-0.25, -0.2) is 0 Å². The van der Waals surface area contributed by atoms with Crippen LogP contribution in [0.5, 0.6) is 0 Å². The number of nitrogens with one attached hydrogen (secondary N) is 1. The molecule has 1 N–H and O–H groups in total. The van der Waals surface area contributed by atoms with E-state index in [-0.39, 0.29) is 0 Å². The van der Waals surface area contributed by atoms with Gasteiger partial charge >= 0.3 is 0 Å². The molecule has 0 amide bonds. The van der Waals surface area contributed by atoms with Gasteiger partial charge in [-0.05, 0) is 161 Å². The Bertz CT molecular complexity index is 4200. The summed E-state index contributed by atoms with van der Waals surface area (Å²) in [6, 6.07) is 96.0. The van der Waals surface area contributed by atoms with Gasteiger partial charge in [0, 0.05) is 39.0 Å². The van der Waals surface area contributed by atoms with E-state index in [1.54, 1.807) is 0 Å². The molecule has 70 heavy (non-hydrogen) atoms. The Morgan fingerprint density at radius 1 is 0.229 bits per heavy atom. The molecule has 0 unspecified atom stereocenters. The van der Waals surface area contributed by atoms with Crippen LogP contribution < -0.4 is 5.32 Å². The Kier molecular flexibility index (Phi) is 9.25. The van der Waals surface area contributed by atoms with Gasteiger partial charge in [0.2, 0.25) is 0 Å². The standard InChI is InChI=1S/C68H44N2/c1-2-13-44(14-3-1)56-37-57(51-30-29-45-15-4-5-16-48(45)35-51)39-58(38-56)70-67-24-11-10-23-61(67)64-42-53(32-34-68(64)70)47-27-25-46(26-28-47)52-31-33-65-62(40-52)55-20-12-19-54(36-55)59-21-8-9-22-60(59)63-41-49-17-6-7-18-50(49)43-66(63)69-65/h1-43,69H. The number of fused-ring (bicyclic) bond motifs is 13. The summed E-state index contributed by atoms with van der Waals surface area (Å²) >= 11 is 0. The second kappa shape index (κ2) is 16.2. The van der Waals surface area contributed by atoms with Crippen molar-refractivity contribution < 1.29 is 0 Å². The number of hydrogen-bond acceptors (Lipinski definition) is 1. The molecule has 1 aromatic heterocycles. The summed E-state index contributed by atoms with van der Waals surface area (Å²) < 4.78 is 2.45. The van der Waals surface area contributed by atoms with Crippen molar-refractivity contribution in [3.05, 3.63) is 261 Å². The van der Waals surface area contributed by atoms with E-state index in [0.29, 0.717) is 0 Å². The first-order valence-corrected chi connectivity index (χ1v) is 24.1. The third-order valence-electron chi connectivity index (χ3n) is 14.5. The maximum Gasteiger partial charge on any atom is 0.0541 e. The molecule has 0 fully saturated rings. The molecule has 1 aliphatic rings. The lowest BCUT2D eigenvalue weighted by atomic mass is 9.88. The van der Waals surface area contributed by atoms with Crippen LogP contribution in [0.2, 0.25) is 0 Å². The predicted molar refractivity (Wildman–Crippen MR) is 297 cm³/mol. The van der Waals surface area contributed by atoms with Gasteiger partial charge in [-0.1, -0.05) is 188 Å². The van der Waals surface area contributed by atoms with Crippen LogP contribution in [0.3, 0.4) is 0 Å². The molecule has 0 spiro atoms. The number of benzene rings is 12. The Morgan fingerprint density at radius 3 is 1.56 bits per heavy atom. The summed E-state index contributed by atoms with van der Waals surface area (Å²) in [6.45, 7) is 0. The van der Waals surface area contributed by atoms with Gasteiger partial charge in [-0.3, -0.25) is 0 Å². The SMILES string of the molecule is c1ccc(-c2cc(-c3ccc4ccccc4c3)cc(-n3c4ccccc4c4cc(-c5ccc(-c6ccc7c(c6)-c6cccc(c6)-c6ccccc6-c6cc8ccccc8cc6N7)cc5)ccc43)c2)cc1. The molecule has 326 valence electrons. The van der Waals surface area contributed by atoms with Gasteiger partial charge in [-0.2, -0.15) is 0 Å². The van der Waals surface area contributed by atoms with Crippen molar-refractivity contribution in [3.63, 3.8) is 0 Å². The number of rotatable bonds is 5. The van der Waals surface area contributed by atoms with Crippen LogP contribution in [0.4, 0.5) is 11.4 Å². The minimum absolute atomic E-state index is 1.08. The molecule has 13 aromatic rings. The van der Waals surface area contributed by atoms with Gasteiger partial charge in [-0.15, -0.1) is 0 Å². The number of aromatic nitrogens is 1. The first-order valence-electron chi connectivity index (χ1n) is 24.1. The summed E-state index contributed by atoms with van der Waals surface area (Å²) in [5.74, 6) is 0. The zero-order valence-corrected chi connectivity index (χ0v) is 38.3. The van der Waals surface area contributed by atoms with Crippen LogP contribution in [0.15, 0.2) is 261 Å². The van der Waals surface area contributed by atoms with Crippen LogP contribution in [-0.4, -0.2) is 4.57 Å². The van der Waals surface area contributed by atoms with E-state index in [1.807, 2.05) is 0 Å². The quantitative estimate of drug-likeness (QED) is 0.182. The highest BCUT2D eigenvalue weighted by Crippen LogP contribution is 2.45. The Morgan fingerprint density at radius 2 is 0.757 bits per heavy atom. The molecule has 0 saturated carbocycles.